The number of aliphatic imine (C=N–C) groups is 1. The molecule has 0 N–H and O–H groups in total. The molecule has 0 atom stereocenters. The van der Waals surface area contributed by atoms with Gasteiger partial charge < -0.3 is 4.90 Å². The lowest BCUT2D eigenvalue weighted by atomic mass is 10.0. The Balaban J connectivity index is 0.000000968. The molecule has 1 aliphatic heterocycles. The Morgan fingerprint density at radius 2 is 1.64 bits per heavy atom. The van der Waals surface area contributed by atoms with Gasteiger partial charge in [-0.1, -0.05) is 80.0 Å². The van der Waals surface area contributed by atoms with Crippen LogP contribution >= 0.6 is 35.0 Å². The number of nitrogens with zero attached hydrogens (tertiary/aromatic N) is 2. The molecule has 3 nitrogen and oxygen atoms in total. The molecule has 1 aliphatic rings. The fourth-order valence-corrected chi connectivity index (χ4v) is 4.68. The maximum absolute atomic E-state index is 12.9. The monoisotopic (exact) mass is 498 g/mol. The highest BCUT2D eigenvalue weighted by Crippen LogP contribution is 2.42. The van der Waals surface area contributed by atoms with Crippen molar-refractivity contribution >= 4 is 52.3 Å². The molecule has 33 heavy (non-hydrogen) atoms. The molecule has 0 bridgehead atoms. The van der Waals surface area contributed by atoms with Gasteiger partial charge in [0.2, 0.25) is 0 Å². The van der Waals surface area contributed by atoms with Gasteiger partial charge in [0.1, 0.15) is 0 Å². The van der Waals surface area contributed by atoms with Gasteiger partial charge in [-0.05, 0) is 36.8 Å². The SMILES string of the molecule is CCCCN(C)C(=O)c1ccc2c(c1)N=C(c1ccccc1Cl)c1ccccc1S2.CCCl. The number of unbranched alkanes of at least 4 members (excludes halogenated alkanes) is 1. The summed E-state index contributed by atoms with van der Waals surface area (Å²) in [5.41, 5.74) is 4.20. The van der Waals surface area contributed by atoms with E-state index in [1.807, 2.05) is 68.6 Å². The number of benzene rings is 3. The van der Waals surface area contributed by atoms with Crippen molar-refractivity contribution < 1.29 is 4.79 Å². The summed E-state index contributed by atoms with van der Waals surface area (Å²) in [5.74, 6) is 0.743. The molecule has 0 saturated heterocycles. The van der Waals surface area contributed by atoms with Crippen LogP contribution in [-0.4, -0.2) is 36.0 Å². The van der Waals surface area contributed by atoms with Crippen molar-refractivity contribution in [2.75, 3.05) is 19.5 Å². The molecule has 0 saturated carbocycles. The van der Waals surface area contributed by atoms with E-state index in [1.165, 1.54) is 0 Å². The van der Waals surface area contributed by atoms with Crippen LogP contribution in [-0.2, 0) is 0 Å². The summed E-state index contributed by atoms with van der Waals surface area (Å²) < 4.78 is 0. The van der Waals surface area contributed by atoms with Crippen LogP contribution in [0.5, 0.6) is 0 Å². The predicted molar refractivity (Wildman–Crippen MR) is 142 cm³/mol. The Morgan fingerprint density at radius 3 is 2.33 bits per heavy atom. The van der Waals surface area contributed by atoms with Gasteiger partial charge in [0.05, 0.1) is 11.4 Å². The van der Waals surface area contributed by atoms with E-state index in [4.69, 9.17) is 28.2 Å². The quantitative estimate of drug-likeness (QED) is 0.260. The number of halogens is 2. The standard InChI is InChI=1S/C25H23ClN2OS.C2H5Cl/c1-3-4-15-28(2)25(29)17-13-14-23-21(16-17)27-24(18-9-5-7-11-20(18)26)19-10-6-8-12-22(19)30-23;1-2-3/h5-14,16H,3-4,15H2,1-2H3;2H2,1H3. The van der Waals surface area contributed by atoms with Gasteiger partial charge >= 0.3 is 0 Å². The summed E-state index contributed by atoms with van der Waals surface area (Å²) in [6, 6.07) is 21.8. The van der Waals surface area contributed by atoms with Crippen LogP contribution in [0.2, 0.25) is 5.02 Å². The van der Waals surface area contributed by atoms with Gasteiger partial charge in [-0.25, -0.2) is 4.99 Å². The molecule has 0 unspecified atom stereocenters. The number of amides is 1. The first-order valence-electron chi connectivity index (χ1n) is 11.1. The van der Waals surface area contributed by atoms with Gasteiger partial charge in [0.25, 0.3) is 5.91 Å². The zero-order valence-electron chi connectivity index (χ0n) is 19.1. The largest absolute Gasteiger partial charge is 0.342 e. The molecular weight excluding hydrogens is 471 g/mol. The van der Waals surface area contributed by atoms with Crippen LogP contribution in [0.3, 0.4) is 0 Å². The molecule has 6 heteroatoms. The molecule has 172 valence electrons. The Kier molecular flexibility index (Phi) is 9.42. The third kappa shape index (κ3) is 6.20. The van der Waals surface area contributed by atoms with Crippen molar-refractivity contribution in [1.29, 1.82) is 0 Å². The molecule has 0 spiro atoms. The lowest BCUT2D eigenvalue weighted by Crippen LogP contribution is -2.27. The molecule has 1 amide bonds. The molecule has 0 radical (unpaired) electrons. The van der Waals surface area contributed by atoms with Crippen molar-refractivity contribution in [3.8, 4) is 0 Å². The molecule has 3 aromatic rings. The fraction of sp³-hybridized carbons (Fsp3) is 0.259. The summed E-state index contributed by atoms with van der Waals surface area (Å²) in [4.78, 5) is 21.8. The molecule has 0 fully saturated rings. The second-order valence-electron chi connectivity index (χ2n) is 7.57. The maximum atomic E-state index is 12.9. The highest BCUT2D eigenvalue weighted by Gasteiger charge is 2.21. The van der Waals surface area contributed by atoms with Gasteiger partial charge in [-0.2, -0.15) is 0 Å². The van der Waals surface area contributed by atoms with E-state index >= 15 is 0 Å². The normalized spacial score (nSPS) is 11.8. The lowest BCUT2D eigenvalue weighted by Gasteiger charge is -2.17. The Hall–Kier alpha value is -2.27. The van der Waals surface area contributed by atoms with E-state index in [9.17, 15) is 4.79 Å². The van der Waals surface area contributed by atoms with Gasteiger partial charge in [-0.3, -0.25) is 4.79 Å². The molecule has 1 heterocycles. The molecule has 0 aromatic heterocycles. The van der Waals surface area contributed by atoms with Gasteiger partial charge in [0, 0.05) is 51.0 Å². The minimum absolute atomic E-state index is 0.0208. The zero-order valence-corrected chi connectivity index (χ0v) is 21.5. The molecule has 4 rings (SSSR count). The van der Waals surface area contributed by atoms with E-state index in [-0.39, 0.29) is 5.91 Å². The minimum atomic E-state index is 0.0208. The summed E-state index contributed by atoms with van der Waals surface area (Å²) in [6.45, 7) is 4.77. The average Bonchev–Trinajstić information content (AvgIpc) is 2.99. The van der Waals surface area contributed by atoms with Gasteiger partial charge in [-0.15, -0.1) is 11.6 Å². The number of carbonyl (C=O) groups excluding carboxylic acids is 1. The lowest BCUT2D eigenvalue weighted by molar-refractivity contribution is 0.0793. The first-order valence-corrected chi connectivity index (χ1v) is 12.8. The summed E-state index contributed by atoms with van der Waals surface area (Å²) >= 11 is 13.2. The number of fused-ring (bicyclic) bond motifs is 2. The van der Waals surface area contributed by atoms with Crippen molar-refractivity contribution in [3.05, 3.63) is 88.4 Å². The number of alkyl halides is 1. The number of carbonyl (C=O) groups is 1. The smallest absolute Gasteiger partial charge is 0.253 e. The second kappa shape index (κ2) is 12.3. The van der Waals surface area contributed by atoms with E-state index in [2.05, 4.69) is 19.1 Å². The van der Waals surface area contributed by atoms with E-state index in [0.717, 1.165) is 57.6 Å². The van der Waals surface area contributed by atoms with Crippen molar-refractivity contribution in [3.63, 3.8) is 0 Å². The first kappa shape index (κ1) is 25.4. The van der Waals surface area contributed by atoms with Gasteiger partial charge in [0.15, 0.2) is 0 Å². The fourth-order valence-electron chi connectivity index (χ4n) is 3.45. The van der Waals surface area contributed by atoms with Crippen LogP contribution in [0.25, 0.3) is 0 Å². The highest BCUT2D eigenvalue weighted by molar-refractivity contribution is 7.99. The average molecular weight is 500 g/mol. The summed E-state index contributed by atoms with van der Waals surface area (Å²) in [6.07, 6.45) is 2.05. The van der Waals surface area contributed by atoms with E-state index < -0.39 is 0 Å². The van der Waals surface area contributed by atoms with Crippen LogP contribution in [0.1, 0.15) is 48.2 Å². The molecule has 0 aliphatic carbocycles. The summed E-state index contributed by atoms with van der Waals surface area (Å²) in [7, 11) is 1.85. The zero-order chi connectivity index (χ0) is 23.8. The van der Waals surface area contributed by atoms with Crippen molar-refractivity contribution in [2.45, 2.75) is 36.5 Å². The Morgan fingerprint density at radius 1 is 0.970 bits per heavy atom. The van der Waals surface area contributed by atoms with Crippen LogP contribution < -0.4 is 0 Å². The number of rotatable bonds is 5. The van der Waals surface area contributed by atoms with E-state index in [0.29, 0.717) is 10.6 Å². The van der Waals surface area contributed by atoms with Crippen molar-refractivity contribution in [2.24, 2.45) is 4.99 Å². The highest BCUT2D eigenvalue weighted by atomic mass is 35.5. The number of hydrogen-bond donors (Lipinski definition) is 0. The predicted octanol–water partition coefficient (Wildman–Crippen LogP) is 8.09. The van der Waals surface area contributed by atoms with E-state index in [1.54, 1.807) is 16.7 Å². The third-order valence-corrected chi connectivity index (χ3v) is 6.59. The first-order chi connectivity index (χ1) is 16.0. The molecule has 3 aromatic carbocycles. The Labute approximate surface area is 210 Å². The van der Waals surface area contributed by atoms with Crippen LogP contribution in [0.15, 0.2) is 81.5 Å². The van der Waals surface area contributed by atoms with Crippen LogP contribution in [0, 0.1) is 0 Å². The minimum Gasteiger partial charge on any atom is -0.342 e. The topological polar surface area (TPSA) is 32.7 Å². The maximum Gasteiger partial charge on any atom is 0.253 e. The Bertz CT molecular complexity index is 1150. The number of hydrogen-bond acceptors (Lipinski definition) is 3. The van der Waals surface area contributed by atoms with Crippen LogP contribution in [0.4, 0.5) is 5.69 Å². The summed E-state index contributed by atoms with van der Waals surface area (Å²) in [5, 5.41) is 0.658. The van der Waals surface area contributed by atoms with Crippen molar-refractivity contribution in [1.82, 2.24) is 4.90 Å². The second-order valence-corrected chi connectivity index (χ2v) is 9.59. The molecular formula is C27H28Cl2N2OS. The third-order valence-electron chi connectivity index (χ3n) is 5.12.